The normalized spacial score (nSPS) is 17.5. The van der Waals surface area contributed by atoms with Crippen molar-refractivity contribution in [2.75, 3.05) is 12.3 Å². The molecule has 3 heterocycles. The molecule has 34 heavy (non-hydrogen) atoms. The van der Waals surface area contributed by atoms with Gasteiger partial charge in [0.15, 0.2) is 9.84 Å². The van der Waals surface area contributed by atoms with E-state index in [-0.39, 0.29) is 17.7 Å². The molecule has 0 spiro atoms. The number of nitrogens with zero attached hydrogens (tertiary/aromatic N) is 2. The molecule has 2 unspecified atom stereocenters. The lowest BCUT2D eigenvalue weighted by atomic mass is 10.0. The number of halogens is 1. The van der Waals surface area contributed by atoms with Crippen molar-refractivity contribution < 1.29 is 18.0 Å². The minimum atomic E-state index is -3.32. The fourth-order valence-corrected chi connectivity index (χ4v) is 6.08. The maximum absolute atomic E-state index is 12.6. The van der Waals surface area contributed by atoms with Gasteiger partial charge in [0.25, 0.3) is 5.91 Å². The first-order valence-corrected chi connectivity index (χ1v) is 13.8. The average Bonchev–Trinajstić information content (AvgIpc) is 3.42. The van der Waals surface area contributed by atoms with Crippen molar-refractivity contribution in [1.82, 2.24) is 20.4 Å². The maximum Gasteiger partial charge on any atom is 0.261 e. The topological polar surface area (TPSA) is 110 Å². The van der Waals surface area contributed by atoms with Crippen molar-refractivity contribution in [2.45, 2.75) is 37.1 Å². The average molecular weight is 521 g/mol. The number of nitrogens with one attached hydrogen (secondary N) is 2. The highest BCUT2D eigenvalue weighted by molar-refractivity contribution is 7.94. The summed E-state index contributed by atoms with van der Waals surface area (Å²) < 4.78 is 25.4. The van der Waals surface area contributed by atoms with E-state index >= 15 is 0 Å². The van der Waals surface area contributed by atoms with Crippen LogP contribution in [0.3, 0.4) is 0 Å². The Morgan fingerprint density at radius 2 is 2.00 bits per heavy atom. The van der Waals surface area contributed by atoms with Crippen LogP contribution in [0.25, 0.3) is 0 Å². The lowest BCUT2D eigenvalue weighted by Crippen LogP contribution is -2.52. The molecule has 1 aromatic carbocycles. The number of hydrogen-bond donors (Lipinski definition) is 2. The molecular formula is C23H25ClN4O4S2. The fraction of sp³-hybridized carbons (Fsp3) is 0.348. The Kier molecular flexibility index (Phi) is 7.70. The lowest BCUT2D eigenvalue weighted by molar-refractivity contribution is -0.121. The Morgan fingerprint density at radius 1 is 1.21 bits per heavy atom. The summed E-state index contributed by atoms with van der Waals surface area (Å²) in [5.41, 5.74) is 1.03. The minimum Gasteiger partial charge on any atom is -0.352 e. The van der Waals surface area contributed by atoms with Gasteiger partial charge in [-0.15, -0.1) is 11.3 Å². The molecule has 0 radical (unpaired) electrons. The van der Waals surface area contributed by atoms with Crippen molar-refractivity contribution in [1.29, 1.82) is 0 Å². The van der Waals surface area contributed by atoms with Gasteiger partial charge in [0.2, 0.25) is 5.91 Å². The summed E-state index contributed by atoms with van der Waals surface area (Å²) in [6.07, 6.45) is 4.66. The molecule has 0 bridgehead atoms. The zero-order valence-electron chi connectivity index (χ0n) is 18.3. The van der Waals surface area contributed by atoms with Gasteiger partial charge in [-0.1, -0.05) is 41.9 Å². The Morgan fingerprint density at radius 3 is 2.65 bits per heavy atom. The first-order valence-electron chi connectivity index (χ1n) is 10.9. The van der Waals surface area contributed by atoms with Gasteiger partial charge in [0.1, 0.15) is 5.25 Å². The summed E-state index contributed by atoms with van der Waals surface area (Å²) >= 11 is 7.27. The Balaban J connectivity index is 1.32. The highest BCUT2D eigenvalue weighted by Gasteiger charge is 2.41. The third-order valence-electron chi connectivity index (χ3n) is 5.65. The Labute approximate surface area is 207 Å². The van der Waals surface area contributed by atoms with Crippen molar-refractivity contribution in [3.63, 3.8) is 0 Å². The van der Waals surface area contributed by atoms with E-state index in [2.05, 4.69) is 15.7 Å². The molecule has 1 aliphatic rings. The number of carbonyl (C=O) groups is 2. The van der Waals surface area contributed by atoms with Gasteiger partial charge in [0, 0.05) is 23.7 Å². The molecule has 0 aliphatic carbocycles. The van der Waals surface area contributed by atoms with Gasteiger partial charge < -0.3 is 10.6 Å². The number of hydrogen-bond acceptors (Lipinski definition) is 6. The monoisotopic (exact) mass is 520 g/mol. The van der Waals surface area contributed by atoms with E-state index < -0.39 is 21.0 Å². The van der Waals surface area contributed by atoms with Gasteiger partial charge in [0.05, 0.1) is 28.4 Å². The molecule has 1 saturated heterocycles. The molecule has 11 heteroatoms. The Hall–Kier alpha value is -2.69. The largest absolute Gasteiger partial charge is 0.352 e. The molecule has 0 saturated carbocycles. The van der Waals surface area contributed by atoms with Crippen LogP contribution in [0.15, 0.2) is 54.9 Å². The molecule has 1 fully saturated rings. The molecule has 4 rings (SSSR count). The molecule has 2 aromatic heterocycles. The number of carbonyl (C=O) groups excluding carboxylic acids is 2. The van der Waals surface area contributed by atoms with Crippen LogP contribution in [-0.2, 0) is 27.6 Å². The second-order valence-corrected chi connectivity index (χ2v) is 12.1. The number of rotatable bonds is 10. The first-order chi connectivity index (χ1) is 16.3. The summed E-state index contributed by atoms with van der Waals surface area (Å²) in [5.74, 6) is -0.595. The summed E-state index contributed by atoms with van der Waals surface area (Å²) in [7, 11) is -3.32. The molecule has 180 valence electrons. The van der Waals surface area contributed by atoms with Gasteiger partial charge in [-0.25, -0.2) is 8.42 Å². The molecule has 2 amide bonds. The van der Waals surface area contributed by atoms with Crippen LogP contribution in [0.5, 0.6) is 0 Å². The molecular weight excluding hydrogens is 496 g/mol. The summed E-state index contributed by atoms with van der Waals surface area (Å²) in [6, 6.07) is 13.0. The van der Waals surface area contributed by atoms with E-state index in [0.29, 0.717) is 42.3 Å². The number of amides is 2. The smallest absolute Gasteiger partial charge is 0.261 e. The molecule has 8 nitrogen and oxygen atoms in total. The zero-order valence-corrected chi connectivity index (χ0v) is 20.7. The van der Waals surface area contributed by atoms with Crippen molar-refractivity contribution in [3.05, 3.63) is 75.2 Å². The molecule has 3 aromatic rings. The van der Waals surface area contributed by atoms with Crippen LogP contribution >= 0.6 is 22.9 Å². The van der Waals surface area contributed by atoms with E-state index in [1.165, 1.54) is 11.3 Å². The second-order valence-electron chi connectivity index (χ2n) is 8.21. The highest BCUT2D eigenvalue weighted by Crippen LogP contribution is 2.21. The minimum absolute atomic E-state index is 0.0563. The van der Waals surface area contributed by atoms with E-state index in [1.807, 2.05) is 36.4 Å². The van der Waals surface area contributed by atoms with E-state index in [1.54, 1.807) is 23.1 Å². The highest BCUT2D eigenvalue weighted by atomic mass is 35.5. The molecule has 2 N–H and O–H groups in total. The third-order valence-corrected chi connectivity index (χ3v) is 9.03. The number of benzene rings is 1. The van der Waals surface area contributed by atoms with E-state index in [0.717, 1.165) is 10.4 Å². The van der Waals surface area contributed by atoms with Crippen molar-refractivity contribution in [2.24, 2.45) is 0 Å². The number of thiophene rings is 1. The van der Waals surface area contributed by atoms with Crippen molar-refractivity contribution >= 4 is 44.6 Å². The van der Waals surface area contributed by atoms with Crippen LogP contribution in [-0.4, -0.2) is 53.6 Å². The van der Waals surface area contributed by atoms with Crippen LogP contribution in [0.1, 0.15) is 33.0 Å². The second kappa shape index (κ2) is 10.7. The van der Waals surface area contributed by atoms with Crippen molar-refractivity contribution in [3.8, 4) is 0 Å². The van der Waals surface area contributed by atoms with Gasteiger partial charge in [-0.05, 0) is 37.0 Å². The van der Waals surface area contributed by atoms with Crippen LogP contribution in [0, 0.1) is 0 Å². The van der Waals surface area contributed by atoms with Crippen LogP contribution < -0.4 is 10.6 Å². The maximum atomic E-state index is 12.6. The van der Waals surface area contributed by atoms with Crippen LogP contribution in [0.2, 0.25) is 5.02 Å². The molecule has 2 atom stereocenters. The van der Waals surface area contributed by atoms with Gasteiger partial charge in [-0.2, -0.15) is 5.10 Å². The summed E-state index contributed by atoms with van der Waals surface area (Å²) in [6.45, 7) is 0.871. The lowest BCUT2D eigenvalue weighted by Gasteiger charge is -2.27. The van der Waals surface area contributed by atoms with Gasteiger partial charge >= 0.3 is 0 Å². The molecule has 1 aliphatic heterocycles. The van der Waals surface area contributed by atoms with Gasteiger partial charge in [-0.3, -0.25) is 14.3 Å². The summed E-state index contributed by atoms with van der Waals surface area (Å²) in [5, 5.41) is 9.52. The third kappa shape index (κ3) is 6.25. The SMILES string of the molecule is O=C(NCCC(Cc1ccccc1)NC(=O)C1CCS1(=O)=O)c1ccc(Cn2cc(Cl)cn2)s1. The quantitative estimate of drug-likeness (QED) is 0.427. The number of sulfone groups is 1. The Bertz CT molecular complexity index is 1260. The zero-order chi connectivity index (χ0) is 24.1. The first kappa shape index (κ1) is 24.4. The standard InChI is InChI=1S/C23H25ClN4O4S2/c24-17-13-26-28(14-17)15-19-6-7-20(33-19)22(29)25-10-8-18(12-16-4-2-1-3-5-16)27-23(30)21-9-11-34(21,31)32/h1-7,13-14,18,21H,8-12,15H2,(H,25,29)(H,27,30). The van der Waals surface area contributed by atoms with E-state index in [4.69, 9.17) is 11.6 Å². The predicted octanol–water partition coefficient (Wildman–Crippen LogP) is 2.68. The predicted molar refractivity (Wildman–Crippen MR) is 132 cm³/mol. The van der Waals surface area contributed by atoms with E-state index in [9.17, 15) is 18.0 Å². The summed E-state index contributed by atoms with van der Waals surface area (Å²) in [4.78, 5) is 26.7. The van der Waals surface area contributed by atoms with Crippen LogP contribution in [0.4, 0.5) is 0 Å². The number of aromatic nitrogens is 2. The fourth-order valence-electron chi connectivity index (χ4n) is 3.76.